The first-order valence-corrected chi connectivity index (χ1v) is 14.7. The van der Waals surface area contributed by atoms with Gasteiger partial charge in [0.25, 0.3) is 11.8 Å². The van der Waals surface area contributed by atoms with Gasteiger partial charge in [-0.3, -0.25) is 9.59 Å². The molecule has 7 rings (SSSR count). The number of nitrogens with zero attached hydrogens (tertiary/aromatic N) is 4. The molecule has 2 aromatic heterocycles. The number of nitrogens with one attached hydrogen (secondary N) is 1. The van der Waals surface area contributed by atoms with E-state index in [1.54, 1.807) is 6.33 Å². The smallest absolute Gasteiger partial charge is 0.255 e. The molecule has 210 valence electrons. The molecule has 1 aliphatic carbocycles. The molecule has 2 aliphatic rings. The fraction of sp³-hybridized carbons (Fsp3) is 0.257. The summed E-state index contributed by atoms with van der Waals surface area (Å²) in [6.45, 7) is 3.68. The number of carbonyl (C=O) groups excluding carboxylic acids is 2. The number of fused-ring (bicyclic) bond motifs is 1. The van der Waals surface area contributed by atoms with Gasteiger partial charge in [0.05, 0.1) is 11.4 Å². The Hall–Kier alpha value is -4.78. The summed E-state index contributed by atoms with van der Waals surface area (Å²) >= 11 is 0. The van der Waals surface area contributed by atoms with Crippen LogP contribution < -0.4 is 5.32 Å². The summed E-state index contributed by atoms with van der Waals surface area (Å²) in [6, 6.07) is 23.8. The lowest BCUT2D eigenvalue weighted by atomic mass is 10.0. The van der Waals surface area contributed by atoms with Crippen LogP contribution in [0.1, 0.15) is 63.4 Å². The van der Waals surface area contributed by atoms with Crippen LogP contribution in [-0.2, 0) is 7.05 Å². The number of anilines is 1. The van der Waals surface area contributed by atoms with Crippen LogP contribution >= 0.6 is 0 Å². The van der Waals surface area contributed by atoms with Crippen molar-refractivity contribution in [1.29, 1.82) is 0 Å². The van der Waals surface area contributed by atoms with Gasteiger partial charge >= 0.3 is 0 Å². The molecule has 0 radical (unpaired) electrons. The number of rotatable bonds is 6. The average molecular weight is 556 g/mol. The molecule has 1 aliphatic heterocycles. The number of aromatic nitrogens is 3. The zero-order chi connectivity index (χ0) is 28.8. The zero-order valence-corrected chi connectivity index (χ0v) is 23.9. The normalized spacial score (nSPS) is 14.9. The van der Waals surface area contributed by atoms with Crippen LogP contribution in [0.5, 0.6) is 0 Å². The summed E-state index contributed by atoms with van der Waals surface area (Å²) in [5, 5.41) is 4.03. The van der Waals surface area contributed by atoms with E-state index >= 15 is 0 Å². The van der Waals surface area contributed by atoms with Crippen molar-refractivity contribution < 1.29 is 9.59 Å². The van der Waals surface area contributed by atoms with Crippen molar-refractivity contribution in [1.82, 2.24) is 19.4 Å². The second-order valence-electron chi connectivity index (χ2n) is 11.5. The van der Waals surface area contributed by atoms with Gasteiger partial charge in [0.15, 0.2) is 0 Å². The number of amides is 2. The minimum Gasteiger partial charge on any atom is -0.339 e. The fourth-order valence-corrected chi connectivity index (χ4v) is 6.06. The molecule has 42 heavy (non-hydrogen) atoms. The van der Waals surface area contributed by atoms with Crippen molar-refractivity contribution in [2.45, 2.75) is 38.5 Å². The molecule has 0 bridgehead atoms. The van der Waals surface area contributed by atoms with Gasteiger partial charge in [0.2, 0.25) is 0 Å². The van der Waals surface area contributed by atoms with Crippen LogP contribution in [0.3, 0.4) is 0 Å². The maximum atomic E-state index is 13.1. The second kappa shape index (κ2) is 10.6. The van der Waals surface area contributed by atoms with Gasteiger partial charge in [0, 0.05) is 47.9 Å². The molecule has 2 fully saturated rings. The molecule has 2 amide bonds. The van der Waals surface area contributed by atoms with Crippen molar-refractivity contribution in [3.8, 4) is 22.5 Å². The van der Waals surface area contributed by atoms with E-state index in [1.165, 1.54) is 18.4 Å². The van der Waals surface area contributed by atoms with Gasteiger partial charge in [-0.05, 0) is 91.6 Å². The van der Waals surface area contributed by atoms with Crippen LogP contribution in [-0.4, -0.2) is 44.3 Å². The molecule has 3 aromatic carbocycles. The van der Waals surface area contributed by atoms with E-state index in [0.29, 0.717) is 17.0 Å². The highest BCUT2D eigenvalue weighted by Crippen LogP contribution is 2.40. The highest BCUT2D eigenvalue weighted by molar-refractivity contribution is 6.05. The van der Waals surface area contributed by atoms with Crippen LogP contribution in [0.25, 0.3) is 33.5 Å². The number of hydrogen-bond acceptors (Lipinski definition) is 4. The van der Waals surface area contributed by atoms with Gasteiger partial charge < -0.3 is 14.8 Å². The van der Waals surface area contributed by atoms with Gasteiger partial charge in [-0.2, -0.15) is 0 Å². The minimum absolute atomic E-state index is 0.0990. The van der Waals surface area contributed by atoms with E-state index in [9.17, 15) is 9.59 Å². The average Bonchev–Trinajstić information content (AvgIpc) is 3.62. The maximum Gasteiger partial charge on any atom is 0.255 e. The Balaban J connectivity index is 1.18. The molecular weight excluding hydrogens is 522 g/mol. The van der Waals surface area contributed by atoms with Crippen LogP contribution in [0.4, 0.5) is 5.69 Å². The summed E-state index contributed by atoms with van der Waals surface area (Å²) in [6.07, 6.45) is 6.22. The standard InChI is InChI=1S/C35H33N5O2/c1-22-28(6-5-7-30(22)38-34(41)26-14-10-24(11-15-26)23-8-9-23)32-29-20-31(39(2)33(29)37-21-36-32)25-12-16-27(17-13-25)35(42)40-18-3-4-19-40/h5-7,10-17,20-21,23H,3-4,8-9,18-19H2,1-2H3,(H,38,41). The third kappa shape index (κ3) is 4.75. The largest absolute Gasteiger partial charge is 0.339 e. The summed E-state index contributed by atoms with van der Waals surface area (Å²) in [7, 11) is 2.00. The molecule has 7 heteroatoms. The number of aryl methyl sites for hydroxylation is 1. The zero-order valence-electron chi connectivity index (χ0n) is 23.9. The van der Waals surface area contributed by atoms with Crippen LogP contribution in [0, 0.1) is 6.92 Å². The lowest BCUT2D eigenvalue weighted by Crippen LogP contribution is -2.27. The van der Waals surface area contributed by atoms with Gasteiger partial charge in [-0.1, -0.05) is 36.4 Å². The Labute approximate surface area is 245 Å². The second-order valence-corrected chi connectivity index (χ2v) is 11.5. The Morgan fingerprint density at radius 3 is 2.31 bits per heavy atom. The van der Waals surface area contributed by atoms with Crippen molar-refractivity contribution in [3.63, 3.8) is 0 Å². The highest BCUT2D eigenvalue weighted by atomic mass is 16.2. The number of hydrogen-bond donors (Lipinski definition) is 1. The van der Waals surface area contributed by atoms with E-state index in [-0.39, 0.29) is 11.8 Å². The summed E-state index contributed by atoms with van der Waals surface area (Å²) < 4.78 is 2.06. The van der Waals surface area contributed by atoms with E-state index < -0.39 is 0 Å². The number of benzene rings is 3. The summed E-state index contributed by atoms with van der Waals surface area (Å²) in [5.74, 6) is 0.633. The molecule has 0 unspecified atom stereocenters. The lowest BCUT2D eigenvalue weighted by molar-refractivity contribution is 0.0792. The molecule has 3 heterocycles. The Morgan fingerprint density at radius 1 is 0.881 bits per heavy atom. The Kier molecular flexibility index (Phi) is 6.57. The fourth-order valence-electron chi connectivity index (χ4n) is 6.06. The predicted octanol–water partition coefficient (Wildman–Crippen LogP) is 6.98. The number of carbonyl (C=O) groups is 2. The summed E-state index contributed by atoms with van der Waals surface area (Å²) in [5.41, 5.74) is 8.93. The van der Waals surface area contributed by atoms with Crippen molar-refractivity contribution in [3.05, 3.63) is 101 Å². The van der Waals surface area contributed by atoms with Crippen LogP contribution in [0.15, 0.2) is 79.1 Å². The first-order valence-electron chi connectivity index (χ1n) is 14.7. The summed E-state index contributed by atoms with van der Waals surface area (Å²) in [4.78, 5) is 37.1. The van der Waals surface area contributed by atoms with E-state index in [4.69, 9.17) is 4.98 Å². The molecule has 0 spiro atoms. The third-order valence-corrected chi connectivity index (χ3v) is 8.70. The number of likely N-dealkylation sites (tertiary alicyclic amines) is 1. The van der Waals surface area contributed by atoms with E-state index in [1.807, 2.05) is 73.5 Å². The first-order chi connectivity index (χ1) is 20.5. The molecular formula is C35H33N5O2. The van der Waals surface area contributed by atoms with Crippen LogP contribution in [0.2, 0.25) is 0 Å². The monoisotopic (exact) mass is 555 g/mol. The molecule has 7 nitrogen and oxygen atoms in total. The van der Waals surface area contributed by atoms with E-state index in [2.05, 4.69) is 33.1 Å². The molecule has 5 aromatic rings. The van der Waals surface area contributed by atoms with Gasteiger partial charge in [-0.15, -0.1) is 0 Å². The predicted molar refractivity (Wildman–Crippen MR) is 166 cm³/mol. The minimum atomic E-state index is -0.126. The highest BCUT2D eigenvalue weighted by Gasteiger charge is 2.24. The third-order valence-electron chi connectivity index (χ3n) is 8.70. The topological polar surface area (TPSA) is 80.1 Å². The van der Waals surface area contributed by atoms with Crippen molar-refractivity contribution >= 4 is 28.5 Å². The molecule has 1 saturated carbocycles. The molecule has 0 atom stereocenters. The van der Waals surface area contributed by atoms with Crippen molar-refractivity contribution in [2.75, 3.05) is 18.4 Å². The molecule has 1 N–H and O–H groups in total. The Bertz CT molecular complexity index is 1810. The first kappa shape index (κ1) is 26.1. The molecule has 1 saturated heterocycles. The van der Waals surface area contributed by atoms with E-state index in [0.717, 1.165) is 70.7 Å². The Morgan fingerprint density at radius 2 is 1.60 bits per heavy atom. The van der Waals surface area contributed by atoms with Crippen molar-refractivity contribution in [2.24, 2.45) is 7.05 Å². The van der Waals surface area contributed by atoms with Gasteiger partial charge in [-0.25, -0.2) is 9.97 Å². The quantitative estimate of drug-likeness (QED) is 0.245. The SMILES string of the molecule is Cc1c(NC(=O)c2ccc(C3CC3)cc2)cccc1-c1ncnc2c1cc(-c1ccc(C(=O)N3CCCC3)cc1)n2C. The van der Waals surface area contributed by atoms with Gasteiger partial charge in [0.1, 0.15) is 12.0 Å². The maximum absolute atomic E-state index is 13.1. The lowest BCUT2D eigenvalue weighted by Gasteiger charge is -2.15.